The van der Waals surface area contributed by atoms with Crippen LogP contribution in [0.15, 0.2) is 24.3 Å². The number of carbonyl (C=O) groups is 3. The van der Waals surface area contributed by atoms with Crippen LogP contribution in [0.1, 0.15) is 34.7 Å². The number of hydrogen-bond acceptors (Lipinski definition) is 4. The van der Waals surface area contributed by atoms with Crippen LogP contribution < -0.4 is 10.6 Å². The summed E-state index contributed by atoms with van der Waals surface area (Å²) in [4.78, 5) is 37.4. The summed E-state index contributed by atoms with van der Waals surface area (Å²) in [6.45, 7) is 4.18. The van der Waals surface area contributed by atoms with Crippen LogP contribution in [0.2, 0.25) is 0 Å². The van der Waals surface area contributed by atoms with Crippen LogP contribution in [0.4, 0.5) is 0 Å². The maximum absolute atomic E-state index is 12.1. The molecule has 1 aromatic heterocycles. The van der Waals surface area contributed by atoms with Crippen molar-refractivity contribution in [3.05, 3.63) is 35.5 Å². The maximum atomic E-state index is 12.1. The lowest BCUT2D eigenvalue weighted by Crippen LogP contribution is -2.33. The standard InChI is InChI=1S/C16H19N3O4/c1-3-23-16(22)14-9-12-8-11(4-5-13(12)19-14)15(21)18-7-6-17-10(2)20/h4-5,8-9,19H,3,6-7H2,1-2H3,(H,17,20)(H,18,21). The Balaban J connectivity index is 2.05. The molecule has 2 rings (SSSR count). The first-order valence-corrected chi connectivity index (χ1v) is 7.33. The summed E-state index contributed by atoms with van der Waals surface area (Å²) in [6.07, 6.45) is 0. The van der Waals surface area contributed by atoms with E-state index in [1.807, 2.05) is 0 Å². The molecule has 122 valence electrons. The molecule has 0 aliphatic rings. The first-order chi connectivity index (χ1) is 11.0. The lowest BCUT2D eigenvalue weighted by atomic mass is 10.1. The number of ether oxygens (including phenoxy) is 1. The Hall–Kier alpha value is -2.83. The lowest BCUT2D eigenvalue weighted by Gasteiger charge is -2.05. The normalized spacial score (nSPS) is 10.3. The van der Waals surface area contributed by atoms with E-state index in [1.165, 1.54) is 6.92 Å². The molecule has 0 radical (unpaired) electrons. The van der Waals surface area contributed by atoms with Gasteiger partial charge in [0.2, 0.25) is 5.91 Å². The number of aromatic amines is 1. The summed E-state index contributed by atoms with van der Waals surface area (Å²) in [7, 11) is 0. The molecule has 1 aromatic carbocycles. The van der Waals surface area contributed by atoms with Gasteiger partial charge in [0, 0.05) is 36.5 Å². The number of rotatable bonds is 6. The molecule has 0 atom stereocenters. The minimum atomic E-state index is -0.426. The molecule has 7 heteroatoms. The predicted octanol–water partition coefficient (Wildman–Crippen LogP) is 1.21. The lowest BCUT2D eigenvalue weighted by molar-refractivity contribution is -0.118. The van der Waals surface area contributed by atoms with Crippen molar-refractivity contribution < 1.29 is 19.1 Å². The Bertz CT molecular complexity index is 736. The van der Waals surface area contributed by atoms with Gasteiger partial charge in [-0.3, -0.25) is 9.59 Å². The molecule has 7 nitrogen and oxygen atoms in total. The second kappa shape index (κ2) is 7.44. The molecule has 3 N–H and O–H groups in total. The van der Waals surface area contributed by atoms with Gasteiger partial charge in [-0.15, -0.1) is 0 Å². The highest BCUT2D eigenvalue weighted by Crippen LogP contribution is 2.18. The monoisotopic (exact) mass is 317 g/mol. The van der Waals surface area contributed by atoms with Crippen molar-refractivity contribution in [3.63, 3.8) is 0 Å². The van der Waals surface area contributed by atoms with Gasteiger partial charge in [0.1, 0.15) is 5.69 Å². The largest absolute Gasteiger partial charge is 0.461 e. The number of nitrogens with one attached hydrogen (secondary N) is 3. The van der Waals surface area contributed by atoms with Gasteiger partial charge in [-0.25, -0.2) is 4.79 Å². The van der Waals surface area contributed by atoms with E-state index in [1.54, 1.807) is 31.2 Å². The zero-order valence-corrected chi connectivity index (χ0v) is 13.1. The zero-order chi connectivity index (χ0) is 16.8. The van der Waals surface area contributed by atoms with E-state index >= 15 is 0 Å². The second-order valence-electron chi connectivity index (χ2n) is 4.94. The third-order valence-electron chi connectivity index (χ3n) is 3.16. The molecular formula is C16H19N3O4. The number of carbonyl (C=O) groups excluding carboxylic acids is 3. The topological polar surface area (TPSA) is 100 Å². The van der Waals surface area contributed by atoms with Gasteiger partial charge >= 0.3 is 5.97 Å². The minimum Gasteiger partial charge on any atom is -0.461 e. The minimum absolute atomic E-state index is 0.139. The Morgan fingerprint density at radius 2 is 1.87 bits per heavy atom. The van der Waals surface area contributed by atoms with Gasteiger partial charge < -0.3 is 20.4 Å². The number of benzene rings is 1. The average Bonchev–Trinajstić information content (AvgIpc) is 2.94. The van der Waals surface area contributed by atoms with Crippen molar-refractivity contribution in [3.8, 4) is 0 Å². The summed E-state index contributed by atoms with van der Waals surface area (Å²) >= 11 is 0. The number of amides is 2. The number of fused-ring (bicyclic) bond motifs is 1. The van der Waals surface area contributed by atoms with Gasteiger partial charge in [-0.2, -0.15) is 0 Å². The Morgan fingerprint density at radius 1 is 1.13 bits per heavy atom. The molecule has 2 aromatic rings. The van der Waals surface area contributed by atoms with Crippen LogP contribution in [0, 0.1) is 0 Å². The molecule has 2 amide bonds. The SMILES string of the molecule is CCOC(=O)c1cc2cc(C(=O)NCCNC(C)=O)ccc2[nH]1. The molecule has 0 saturated carbocycles. The van der Waals surface area contributed by atoms with Crippen LogP contribution in [-0.2, 0) is 9.53 Å². The van der Waals surface area contributed by atoms with Crippen molar-refractivity contribution in [1.82, 2.24) is 15.6 Å². The van der Waals surface area contributed by atoms with Crippen molar-refractivity contribution in [2.24, 2.45) is 0 Å². The fourth-order valence-corrected chi connectivity index (χ4v) is 2.11. The van der Waals surface area contributed by atoms with E-state index in [-0.39, 0.29) is 11.8 Å². The molecule has 23 heavy (non-hydrogen) atoms. The fraction of sp³-hybridized carbons (Fsp3) is 0.312. The second-order valence-corrected chi connectivity index (χ2v) is 4.94. The quantitative estimate of drug-likeness (QED) is 0.551. The molecular weight excluding hydrogens is 298 g/mol. The van der Waals surface area contributed by atoms with Crippen molar-refractivity contribution in [1.29, 1.82) is 0 Å². The van der Waals surface area contributed by atoms with Crippen LogP contribution in [-0.4, -0.2) is 42.5 Å². The van der Waals surface area contributed by atoms with E-state index in [0.717, 1.165) is 10.9 Å². The number of aromatic nitrogens is 1. The van der Waals surface area contributed by atoms with E-state index in [2.05, 4.69) is 15.6 Å². The number of hydrogen-bond donors (Lipinski definition) is 3. The highest BCUT2D eigenvalue weighted by molar-refractivity contribution is 6.00. The third-order valence-corrected chi connectivity index (χ3v) is 3.16. The van der Waals surface area contributed by atoms with Crippen LogP contribution in [0.25, 0.3) is 10.9 Å². The van der Waals surface area contributed by atoms with Gasteiger partial charge in [0.05, 0.1) is 6.61 Å². The molecule has 0 bridgehead atoms. The molecule has 1 heterocycles. The Morgan fingerprint density at radius 3 is 2.57 bits per heavy atom. The van der Waals surface area contributed by atoms with Gasteiger partial charge in [-0.1, -0.05) is 0 Å². The van der Waals surface area contributed by atoms with E-state index in [9.17, 15) is 14.4 Å². The Labute approximate surface area is 133 Å². The van der Waals surface area contributed by atoms with Gasteiger partial charge in [0.15, 0.2) is 0 Å². The van der Waals surface area contributed by atoms with E-state index < -0.39 is 5.97 Å². The smallest absolute Gasteiger partial charge is 0.354 e. The molecule has 0 spiro atoms. The first-order valence-electron chi connectivity index (χ1n) is 7.33. The predicted molar refractivity (Wildman–Crippen MR) is 85.3 cm³/mol. The highest BCUT2D eigenvalue weighted by Gasteiger charge is 2.12. The summed E-state index contributed by atoms with van der Waals surface area (Å²) in [5, 5.41) is 6.07. The van der Waals surface area contributed by atoms with Gasteiger partial charge in [0.25, 0.3) is 5.91 Å². The molecule has 0 unspecified atom stereocenters. The molecule has 0 fully saturated rings. The van der Waals surface area contributed by atoms with Crippen LogP contribution >= 0.6 is 0 Å². The third kappa shape index (κ3) is 4.32. The van der Waals surface area contributed by atoms with Crippen LogP contribution in [0.5, 0.6) is 0 Å². The summed E-state index contributed by atoms with van der Waals surface area (Å²) < 4.78 is 4.94. The summed E-state index contributed by atoms with van der Waals surface area (Å²) in [5.41, 5.74) is 1.59. The zero-order valence-electron chi connectivity index (χ0n) is 13.1. The molecule has 0 aliphatic carbocycles. The molecule has 0 aliphatic heterocycles. The summed E-state index contributed by atoms with van der Waals surface area (Å²) in [5.74, 6) is -0.805. The molecule has 0 saturated heterocycles. The number of H-pyrrole nitrogens is 1. The van der Waals surface area contributed by atoms with Crippen molar-refractivity contribution >= 4 is 28.7 Å². The average molecular weight is 317 g/mol. The maximum Gasteiger partial charge on any atom is 0.354 e. The first kappa shape index (κ1) is 16.5. The summed E-state index contributed by atoms with van der Waals surface area (Å²) in [6, 6.07) is 6.76. The van der Waals surface area contributed by atoms with Crippen molar-refractivity contribution in [2.75, 3.05) is 19.7 Å². The van der Waals surface area contributed by atoms with E-state index in [4.69, 9.17) is 4.74 Å². The number of esters is 1. The Kier molecular flexibility index (Phi) is 5.35. The van der Waals surface area contributed by atoms with Crippen LogP contribution in [0.3, 0.4) is 0 Å². The van der Waals surface area contributed by atoms with Crippen molar-refractivity contribution in [2.45, 2.75) is 13.8 Å². The van der Waals surface area contributed by atoms with E-state index in [0.29, 0.717) is 31.0 Å². The van der Waals surface area contributed by atoms with Gasteiger partial charge in [-0.05, 0) is 31.2 Å². The highest BCUT2D eigenvalue weighted by atomic mass is 16.5. The fourth-order valence-electron chi connectivity index (χ4n) is 2.11.